The Morgan fingerprint density at radius 3 is 2.04 bits per heavy atom. The van der Waals surface area contributed by atoms with E-state index < -0.39 is 35.1 Å². The third kappa shape index (κ3) is 4.52. The van der Waals surface area contributed by atoms with Gasteiger partial charge in [0, 0.05) is 5.57 Å². The largest absolute Gasteiger partial charge is 0.462 e. The molecule has 0 aliphatic carbocycles. The number of halogens is 3. The van der Waals surface area contributed by atoms with Gasteiger partial charge >= 0.3 is 18.1 Å². The maximum Gasteiger partial charge on any atom is 0.437 e. The summed E-state index contributed by atoms with van der Waals surface area (Å²) in [7, 11) is 0. The van der Waals surface area contributed by atoms with Crippen LogP contribution in [0.5, 0.6) is 0 Å². The molecule has 0 fully saturated rings. The molecule has 0 atom stereocenters. The van der Waals surface area contributed by atoms with Crippen molar-refractivity contribution in [2.24, 2.45) is 0 Å². The smallest absolute Gasteiger partial charge is 0.437 e. The van der Waals surface area contributed by atoms with Gasteiger partial charge in [-0.15, -0.1) is 0 Å². The summed E-state index contributed by atoms with van der Waals surface area (Å²) in [6.45, 7) is 2.82. The minimum atomic E-state index is -4.86. The molecule has 0 amide bonds. The Balaban J connectivity index is 2.85. The van der Waals surface area contributed by atoms with E-state index in [1.165, 1.54) is 38.1 Å². The van der Waals surface area contributed by atoms with Crippen molar-refractivity contribution in [2.45, 2.75) is 20.0 Å². The maximum atomic E-state index is 13.3. The van der Waals surface area contributed by atoms with Crippen molar-refractivity contribution in [2.75, 3.05) is 13.2 Å². The maximum absolute atomic E-state index is 13.3. The lowest BCUT2D eigenvalue weighted by molar-refractivity contribution is -0.147. The predicted molar refractivity (Wildman–Crippen MR) is 87.1 cm³/mol. The highest BCUT2D eigenvalue weighted by molar-refractivity contribution is 6.21. The van der Waals surface area contributed by atoms with E-state index in [9.17, 15) is 22.8 Å². The molecule has 0 radical (unpaired) electrons. The molecule has 27 heavy (non-hydrogen) atoms. The van der Waals surface area contributed by atoms with Crippen LogP contribution in [0.15, 0.2) is 35.9 Å². The number of esters is 2. The zero-order chi connectivity index (χ0) is 20.0. The van der Waals surface area contributed by atoms with Crippen molar-refractivity contribution < 1.29 is 32.2 Å². The first-order valence-electron chi connectivity index (χ1n) is 7.93. The van der Waals surface area contributed by atoms with Gasteiger partial charge in [-0.2, -0.15) is 28.6 Å². The van der Waals surface area contributed by atoms with Crippen LogP contribution in [0.1, 0.15) is 30.8 Å². The average molecular weight is 383 g/mol. The molecule has 0 aliphatic heterocycles. The molecular weight excluding hydrogens is 367 g/mol. The number of ether oxygens (including phenoxy) is 2. The van der Waals surface area contributed by atoms with Gasteiger partial charge in [-0.05, 0) is 19.4 Å². The topological polar surface area (TPSA) is 94.2 Å². The van der Waals surface area contributed by atoms with Gasteiger partial charge in [-0.3, -0.25) is 0 Å². The number of benzene rings is 1. The van der Waals surface area contributed by atoms with Crippen molar-refractivity contribution in [1.82, 2.24) is 15.4 Å². The number of alkyl halides is 3. The Morgan fingerprint density at radius 1 is 1.00 bits per heavy atom. The van der Waals surface area contributed by atoms with Gasteiger partial charge in [0.1, 0.15) is 5.69 Å². The molecule has 1 heterocycles. The highest BCUT2D eigenvalue weighted by Crippen LogP contribution is 2.36. The predicted octanol–water partition coefficient (Wildman–Crippen LogP) is 2.75. The Labute approximate surface area is 152 Å². The van der Waals surface area contributed by atoms with Crippen LogP contribution in [-0.4, -0.2) is 40.6 Å². The minimum absolute atomic E-state index is 0.0885. The molecule has 2 rings (SSSR count). The Kier molecular flexibility index (Phi) is 6.32. The number of H-pyrrole nitrogens is 1. The Morgan fingerprint density at radius 2 is 1.56 bits per heavy atom. The lowest BCUT2D eigenvalue weighted by Crippen LogP contribution is -2.21. The lowest BCUT2D eigenvalue weighted by atomic mass is 9.95. The van der Waals surface area contributed by atoms with Gasteiger partial charge in [0.25, 0.3) is 0 Å². The van der Waals surface area contributed by atoms with Crippen LogP contribution >= 0.6 is 0 Å². The Hall–Kier alpha value is -3.17. The highest BCUT2D eigenvalue weighted by atomic mass is 19.4. The number of aromatic amines is 1. The van der Waals surface area contributed by atoms with E-state index in [-0.39, 0.29) is 24.4 Å². The van der Waals surface area contributed by atoms with E-state index in [1.54, 1.807) is 6.07 Å². The van der Waals surface area contributed by atoms with Crippen molar-refractivity contribution in [3.8, 4) is 0 Å². The van der Waals surface area contributed by atoms with Gasteiger partial charge in [-0.1, -0.05) is 30.3 Å². The molecule has 7 nitrogen and oxygen atoms in total. The summed E-state index contributed by atoms with van der Waals surface area (Å²) in [6.07, 6.45) is -4.86. The third-order valence-electron chi connectivity index (χ3n) is 3.32. The molecule has 0 unspecified atom stereocenters. The Bertz CT molecular complexity index is 825. The zero-order valence-corrected chi connectivity index (χ0v) is 14.5. The van der Waals surface area contributed by atoms with Crippen LogP contribution in [0.25, 0.3) is 5.57 Å². The fourth-order valence-corrected chi connectivity index (χ4v) is 2.30. The second-order valence-electron chi connectivity index (χ2n) is 5.08. The monoisotopic (exact) mass is 383 g/mol. The van der Waals surface area contributed by atoms with Gasteiger partial charge in [0.15, 0.2) is 11.3 Å². The molecule has 1 N–H and O–H groups in total. The molecule has 0 aliphatic rings. The fourth-order valence-electron chi connectivity index (χ4n) is 2.30. The second kappa shape index (κ2) is 8.47. The highest BCUT2D eigenvalue weighted by Gasteiger charge is 2.41. The number of hydrogen-bond acceptors (Lipinski definition) is 6. The van der Waals surface area contributed by atoms with Gasteiger partial charge in [0.05, 0.1) is 13.2 Å². The summed E-state index contributed by atoms with van der Waals surface area (Å²) >= 11 is 0. The van der Waals surface area contributed by atoms with Crippen LogP contribution in [0.3, 0.4) is 0 Å². The third-order valence-corrected chi connectivity index (χ3v) is 3.32. The first-order valence-corrected chi connectivity index (χ1v) is 7.93. The van der Waals surface area contributed by atoms with Crippen LogP contribution < -0.4 is 0 Å². The van der Waals surface area contributed by atoms with Gasteiger partial charge < -0.3 is 9.47 Å². The van der Waals surface area contributed by atoms with E-state index in [2.05, 4.69) is 10.2 Å². The number of nitrogens with zero attached hydrogens (tertiary/aromatic N) is 2. The van der Waals surface area contributed by atoms with Crippen molar-refractivity contribution in [1.29, 1.82) is 0 Å². The number of nitrogens with one attached hydrogen (secondary N) is 1. The number of aromatic nitrogens is 3. The molecular formula is C17H16F3N3O4. The first-order chi connectivity index (χ1) is 12.8. The summed E-state index contributed by atoms with van der Waals surface area (Å²) in [5.74, 6) is -2.24. The van der Waals surface area contributed by atoms with E-state index in [0.29, 0.717) is 0 Å². The summed E-state index contributed by atoms with van der Waals surface area (Å²) < 4.78 is 49.7. The normalized spacial score (nSPS) is 11.0. The van der Waals surface area contributed by atoms with Gasteiger partial charge in [0.2, 0.25) is 0 Å². The molecule has 0 saturated heterocycles. The summed E-state index contributed by atoms with van der Waals surface area (Å²) in [5, 5.41) is 8.56. The van der Waals surface area contributed by atoms with Crippen molar-refractivity contribution in [3.63, 3.8) is 0 Å². The van der Waals surface area contributed by atoms with Crippen LogP contribution in [0.2, 0.25) is 0 Å². The number of hydrogen-bond donors (Lipinski definition) is 1. The molecule has 0 saturated carbocycles. The summed E-state index contributed by atoms with van der Waals surface area (Å²) in [6, 6.07) is 7.57. The first kappa shape index (κ1) is 20.1. The molecule has 0 bridgehead atoms. The van der Waals surface area contributed by atoms with E-state index in [0.717, 1.165) is 0 Å². The van der Waals surface area contributed by atoms with Crippen LogP contribution in [-0.2, 0) is 25.2 Å². The molecule has 0 spiro atoms. The van der Waals surface area contributed by atoms with Gasteiger partial charge in [-0.25, -0.2) is 9.59 Å². The number of carbonyl (C=O) groups is 2. The standard InChI is InChI=1S/C17H16F3N3O4/c1-3-26-15(24)12(16(25)27-4-2)11(10-8-6-5-7-9-10)13-14(17(18,19)20)22-23-21-13/h5-9H,3-4H2,1-2H3,(H,21,22,23). The van der Waals surface area contributed by atoms with E-state index in [1.807, 2.05) is 5.21 Å². The number of rotatable bonds is 6. The van der Waals surface area contributed by atoms with Crippen LogP contribution in [0, 0.1) is 0 Å². The second-order valence-corrected chi connectivity index (χ2v) is 5.08. The van der Waals surface area contributed by atoms with Crippen molar-refractivity contribution >= 4 is 17.5 Å². The van der Waals surface area contributed by atoms with E-state index >= 15 is 0 Å². The molecule has 10 heteroatoms. The minimum Gasteiger partial charge on any atom is -0.462 e. The summed E-state index contributed by atoms with van der Waals surface area (Å²) in [4.78, 5) is 24.8. The number of carbonyl (C=O) groups excluding carboxylic acids is 2. The molecule has 1 aromatic carbocycles. The van der Waals surface area contributed by atoms with Crippen LogP contribution in [0.4, 0.5) is 13.2 Å². The van der Waals surface area contributed by atoms with E-state index in [4.69, 9.17) is 9.47 Å². The van der Waals surface area contributed by atoms with Crippen molar-refractivity contribution in [3.05, 3.63) is 52.9 Å². The summed E-state index contributed by atoms with van der Waals surface area (Å²) in [5.41, 5.74) is -3.00. The quantitative estimate of drug-likeness (QED) is 0.357. The lowest BCUT2D eigenvalue weighted by Gasteiger charge is -2.14. The molecule has 2 aromatic rings. The fraction of sp³-hybridized carbons (Fsp3) is 0.294. The SMILES string of the molecule is CCOC(=O)C(C(=O)OCC)=C(c1ccccc1)c1n[nH]nc1C(F)(F)F. The zero-order valence-electron chi connectivity index (χ0n) is 14.5. The average Bonchev–Trinajstić information content (AvgIpc) is 3.10. The molecule has 144 valence electrons. The molecule has 1 aromatic heterocycles.